The van der Waals surface area contributed by atoms with Crippen LogP contribution < -0.4 is 0 Å². The molecule has 6 heteroatoms. The van der Waals surface area contributed by atoms with Crippen molar-refractivity contribution in [2.45, 2.75) is 51.6 Å². The second kappa shape index (κ2) is 7.11. The molecule has 0 atom stereocenters. The molecule has 2 rings (SSSR count). The lowest BCUT2D eigenvalue weighted by Gasteiger charge is -2.33. The van der Waals surface area contributed by atoms with E-state index in [4.69, 9.17) is 9.84 Å². The third-order valence-corrected chi connectivity index (χ3v) is 4.03. The van der Waals surface area contributed by atoms with Crippen molar-refractivity contribution in [2.24, 2.45) is 0 Å². The van der Waals surface area contributed by atoms with Crippen LogP contribution in [0.15, 0.2) is 18.2 Å². The summed E-state index contributed by atoms with van der Waals surface area (Å²) in [5.41, 5.74) is 0.916. The summed E-state index contributed by atoms with van der Waals surface area (Å²) in [7, 11) is 0. The number of nitrogens with zero attached hydrogens (tertiary/aromatic N) is 1. The molecule has 1 fully saturated rings. The Morgan fingerprint density at radius 1 is 1.25 bits per heavy atom. The molecule has 1 aliphatic rings. The van der Waals surface area contributed by atoms with Crippen LogP contribution in [0.4, 0.5) is 4.79 Å². The van der Waals surface area contributed by atoms with Gasteiger partial charge in [-0.3, -0.25) is 4.79 Å². The number of piperidine rings is 1. The first-order valence-electron chi connectivity index (χ1n) is 8.17. The number of amides is 1. The van der Waals surface area contributed by atoms with E-state index in [-0.39, 0.29) is 24.2 Å². The molecule has 132 valence electrons. The molecular weight excluding hydrogens is 310 g/mol. The van der Waals surface area contributed by atoms with E-state index in [2.05, 4.69) is 0 Å². The van der Waals surface area contributed by atoms with Crippen LogP contribution in [0.5, 0.6) is 5.75 Å². The van der Waals surface area contributed by atoms with Gasteiger partial charge in [0.05, 0.1) is 6.42 Å². The number of carbonyl (C=O) groups is 2. The van der Waals surface area contributed by atoms with Crippen LogP contribution in [-0.4, -0.2) is 45.9 Å². The Hall–Kier alpha value is -2.24. The topological polar surface area (TPSA) is 87.1 Å². The average molecular weight is 335 g/mol. The van der Waals surface area contributed by atoms with Crippen LogP contribution in [0.25, 0.3) is 0 Å². The SMILES string of the molecule is CC(C)(C)OC(=O)N1CCC(c2cc(CC(=O)O)ccc2O)CC1. The van der Waals surface area contributed by atoms with Gasteiger partial charge in [-0.2, -0.15) is 0 Å². The maximum absolute atomic E-state index is 12.1. The third kappa shape index (κ3) is 4.88. The molecule has 0 spiro atoms. The minimum Gasteiger partial charge on any atom is -0.508 e. The summed E-state index contributed by atoms with van der Waals surface area (Å²) < 4.78 is 5.38. The summed E-state index contributed by atoms with van der Waals surface area (Å²) in [6.45, 7) is 6.63. The van der Waals surface area contributed by atoms with Gasteiger partial charge < -0.3 is 19.8 Å². The molecule has 24 heavy (non-hydrogen) atoms. The van der Waals surface area contributed by atoms with Crippen LogP contribution in [0.3, 0.4) is 0 Å². The standard InChI is InChI=1S/C18H25NO5/c1-18(2,3)24-17(23)19-8-6-13(7-9-19)14-10-12(11-16(21)22)4-5-15(14)20/h4-5,10,13,20H,6-9,11H2,1-3H3,(H,21,22). The second-order valence-corrected chi connectivity index (χ2v) is 7.21. The number of benzene rings is 1. The molecule has 1 aromatic carbocycles. The van der Waals surface area contributed by atoms with E-state index in [0.29, 0.717) is 31.5 Å². The quantitative estimate of drug-likeness (QED) is 0.886. The van der Waals surface area contributed by atoms with Gasteiger partial charge in [-0.05, 0) is 56.7 Å². The van der Waals surface area contributed by atoms with E-state index < -0.39 is 11.6 Å². The molecule has 0 radical (unpaired) electrons. The molecule has 1 amide bonds. The highest BCUT2D eigenvalue weighted by Gasteiger charge is 2.28. The Morgan fingerprint density at radius 3 is 2.42 bits per heavy atom. The van der Waals surface area contributed by atoms with Gasteiger partial charge in [-0.15, -0.1) is 0 Å². The van der Waals surface area contributed by atoms with Gasteiger partial charge >= 0.3 is 12.1 Å². The van der Waals surface area contributed by atoms with Gasteiger partial charge in [0, 0.05) is 13.1 Å². The Balaban J connectivity index is 2.01. The van der Waals surface area contributed by atoms with Crippen LogP contribution in [-0.2, 0) is 16.0 Å². The van der Waals surface area contributed by atoms with Crippen molar-refractivity contribution < 1.29 is 24.5 Å². The predicted molar refractivity (Wildman–Crippen MR) is 89.2 cm³/mol. The third-order valence-electron chi connectivity index (χ3n) is 4.03. The molecule has 2 N–H and O–H groups in total. The maximum Gasteiger partial charge on any atom is 0.410 e. The summed E-state index contributed by atoms with van der Waals surface area (Å²) in [6, 6.07) is 4.94. The average Bonchev–Trinajstić information content (AvgIpc) is 2.47. The fourth-order valence-electron chi connectivity index (χ4n) is 2.92. The number of ether oxygens (including phenoxy) is 1. The van der Waals surface area contributed by atoms with Gasteiger partial charge in [0.15, 0.2) is 0 Å². The lowest BCUT2D eigenvalue weighted by atomic mass is 9.87. The smallest absolute Gasteiger partial charge is 0.410 e. The lowest BCUT2D eigenvalue weighted by molar-refractivity contribution is -0.136. The van der Waals surface area contributed by atoms with E-state index in [1.165, 1.54) is 0 Å². The Morgan fingerprint density at radius 2 is 1.88 bits per heavy atom. The predicted octanol–water partition coefficient (Wildman–Crippen LogP) is 3.13. The summed E-state index contributed by atoms with van der Waals surface area (Å²) in [4.78, 5) is 24.6. The number of phenols is 1. The number of rotatable bonds is 3. The molecule has 0 bridgehead atoms. The monoisotopic (exact) mass is 335 g/mol. The number of aliphatic carboxylic acids is 1. The molecule has 1 saturated heterocycles. The van der Waals surface area contributed by atoms with Crippen LogP contribution >= 0.6 is 0 Å². The van der Waals surface area contributed by atoms with E-state index >= 15 is 0 Å². The lowest BCUT2D eigenvalue weighted by Crippen LogP contribution is -2.41. The highest BCUT2D eigenvalue weighted by Crippen LogP contribution is 2.34. The summed E-state index contributed by atoms with van der Waals surface area (Å²) >= 11 is 0. The van der Waals surface area contributed by atoms with E-state index in [9.17, 15) is 14.7 Å². The molecule has 6 nitrogen and oxygen atoms in total. The van der Waals surface area contributed by atoms with Gasteiger partial charge in [0.25, 0.3) is 0 Å². The van der Waals surface area contributed by atoms with Crippen molar-refractivity contribution in [3.05, 3.63) is 29.3 Å². The maximum atomic E-state index is 12.1. The fourth-order valence-corrected chi connectivity index (χ4v) is 2.92. The van der Waals surface area contributed by atoms with Crippen molar-refractivity contribution >= 4 is 12.1 Å². The number of hydrogen-bond acceptors (Lipinski definition) is 4. The molecule has 0 aromatic heterocycles. The van der Waals surface area contributed by atoms with Crippen LogP contribution in [0, 0.1) is 0 Å². The molecule has 0 aliphatic carbocycles. The molecule has 0 unspecified atom stereocenters. The summed E-state index contributed by atoms with van der Waals surface area (Å²) in [5, 5.41) is 19.0. The molecule has 0 saturated carbocycles. The second-order valence-electron chi connectivity index (χ2n) is 7.21. The Bertz CT molecular complexity index is 612. The van der Waals surface area contributed by atoms with Crippen LogP contribution in [0.1, 0.15) is 50.7 Å². The van der Waals surface area contributed by atoms with Gasteiger partial charge in [-0.25, -0.2) is 4.79 Å². The summed E-state index contributed by atoms with van der Waals surface area (Å²) in [6.07, 6.45) is 1.04. The zero-order valence-corrected chi connectivity index (χ0v) is 14.4. The number of carbonyl (C=O) groups excluding carboxylic acids is 1. The van der Waals surface area contributed by atoms with Crippen molar-refractivity contribution in [3.63, 3.8) is 0 Å². The molecular formula is C18H25NO5. The van der Waals surface area contributed by atoms with E-state index in [1.807, 2.05) is 20.8 Å². The van der Waals surface area contributed by atoms with Crippen molar-refractivity contribution in [2.75, 3.05) is 13.1 Å². The highest BCUT2D eigenvalue weighted by atomic mass is 16.6. The number of aromatic hydroxyl groups is 1. The van der Waals surface area contributed by atoms with Gasteiger partial charge in [0.2, 0.25) is 0 Å². The Labute approximate surface area is 142 Å². The number of carboxylic acid groups (broad SMARTS) is 1. The minimum atomic E-state index is -0.897. The minimum absolute atomic E-state index is 0.0654. The number of phenolic OH excluding ortho intramolecular Hbond substituents is 1. The van der Waals surface area contributed by atoms with E-state index in [1.54, 1.807) is 23.1 Å². The first-order valence-corrected chi connectivity index (χ1v) is 8.17. The first kappa shape index (κ1) is 18.1. The zero-order chi connectivity index (χ0) is 17.9. The number of hydrogen-bond donors (Lipinski definition) is 2. The first-order chi connectivity index (χ1) is 11.2. The summed E-state index contributed by atoms with van der Waals surface area (Å²) in [5.74, 6) is -0.608. The van der Waals surface area contributed by atoms with Gasteiger partial charge in [-0.1, -0.05) is 12.1 Å². The molecule has 1 aromatic rings. The molecule has 1 aliphatic heterocycles. The van der Waals surface area contributed by atoms with Crippen molar-refractivity contribution in [1.82, 2.24) is 4.90 Å². The fraction of sp³-hybridized carbons (Fsp3) is 0.556. The normalized spacial score (nSPS) is 16.0. The zero-order valence-electron chi connectivity index (χ0n) is 14.4. The Kier molecular flexibility index (Phi) is 5.36. The van der Waals surface area contributed by atoms with E-state index in [0.717, 1.165) is 5.56 Å². The highest BCUT2D eigenvalue weighted by molar-refractivity contribution is 5.70. The number of carboxylic acids is 1. The van der Waals surface area contributed by atoms with Gasteiger partial charge in [0.1, 0.15) is 11.4 Å². The van der Waals surface area contributed by atoms with Crippen molar-refractivity contribution in [3.8, 4) is 5.75 Å². The number of likely N-dealkylation sites (tertiary alicyclic amines) is 1. The molecule has 1 heterocycles. The van der Waals surface area contributed by atoms with Crippen LogP contribution in [0.2, 0.25) is 0 Å². The van der Waals surface area contributed by atoms with Crippen molar-refractivity contribution in [1.29, 1.82) is 0 Å². The largest absolute Gasteiger partial charge is 0.508 e.